The lowest BCUT2D eigenvalue weighted by Gasteiger charge is -2.36. The van der Waals surface area contributed by atoms with Crippen molar-refractivity contribution < 1.29 is 33.4 Å². The van der Waals surface area contributed by atoms with Gasteiger partial charge in [0.2, 0.25) is 17.4 Å². The van der Waals surface area contributed by atoms with Crippen LogP contribution in [-0.4, -0.2) is 65.8 Å². The van der Waals surface area contributed by atoms with Crippen LogP contribution in [0.4, 0.5) is 0 Å². The molecule has 2 aliphatic carbocycles. The summed E-state index contributed by atoms with van der Waals surface area (Å²) < 4.78 is 10.9. The molecule has 0 spiro atoms. The molecule has 3 amide bonds. The summed E-state index contributed by atoms with van der Waals surface area (Å²) >= 11 is 0. The summed E-state index contributed by atoms with van der Waals surface area (Å²) in [6, 6.07) is 0. The van der Waals surface area contributed by atoms with Crippen LogP contribution in [0.15, 0.2) is 0 Å². The van der Waals surface area contributed by atoms with Gasteiger partial charge < -0.3 is 25.8 Å². The summed E-state index contributed by atoms with van der Waals surface area (Å²) in [5.41, 5.74) is 2.52. The lowest BCUT2D eigenvalue weighted by molar-refractivity contribution is -0.144. The lowest BCUT2D eigenvalue weighted by atomic mass is 9.76. The summed E-state index contributed by atoms with van der Waals surface area (Å²) in [6.45, 7) is 4.57. The first-order valence-corrected chi connectivity index (χ1v) is 14.2. The highest BCUT2D eigenvalue weighted by Gasteiger charge is 2.57. The van der Waals surface area contributed by atoms with Crippen molar-refractivity contribution in [2.45, 2.75) is 108 Å². The van der Waals surface area contributed by atoms with Gasteiger partial charge in [0.15, 0.2) is 11.6 Å². The third kappa shape index (κ3) is 5.39. The lowest BCUT2D eigenvalue weighted by Crippen LogP contribution is -2.67. The van der Waals surface area contributed by atoms with Crippen molar-refractivity contribution in [1.82, 2.24) is 10.6 Å². The molecule has 2 aliphatic heterocycles. The molecule has 4 fully saturated rings. The molecule has 6 unspecified atom stereocenters. The molecule has 2 saturated carbocycles. The van der Waals surface area contributed by atoms with E-state index >= 15 is 0 Å². The predicted octanol–water partition coefficient (Wildman–Crippen LogP) is 1.57. The van der Waals surface area contributed by atoms with Crippen molar-refractivity contribution in [3.8, 4) is 0 Å². The largest absolute Gasteiger partial charge is 0.368 e. The molecule has 0 radical (unpaired) electrons. The Morgan fingerprint density at radius 2 is 1.26 bits per heavy atom. The first-order valence-electron chi connectivity index (χ1n) is 14.2. The number of amides is 3. The second kappa shape index (κ2) is 11.4. The summed E-state index contributed by atoms with van der Waals surface area (Å²) in [5, 5.41) is 5.64. The van der Waals surface area contributed by atoms with E-state index in [1.54, 1.807) is 20.8 Å². The third-order valence-electron chi connectivity index (χ3n) is 9.75. The molecule has 0 bridgehead atoms. The number of carbonyl (C=O) groups is 5. The fourth-order valence-corrected chi connectivity index (χ4v) is 6.91. The fraction of sp³-hybridized carbons (Fsp3) is 0.821. The number of primary amides is 1. The van der Waals surface area contributed by atoms with Crippen LogP contribution in [0.25, 0.3) is 0 Å². The Labute approximate surface area is 224 Å². The number of ketones is 2. The number of rotatable bonds is 10. The quantitative estimate of drug-likeness (QED) is 0.360. The molecular formula is C28H43N3O7. The first-order chi connectivity index (χ1) is 18.0. The van der Waals surface area contributed by atoms with Crippen molar-refractivity contribution in [3.63, 3.8) is 0 Å². The van der Waals surface area contributed by atoms with E-state index in [0.717, 1.165) is 51.4 Å². The molecule has 10 heteroatoms. The monoisotopic (exact) mass is 533 g/mol. The molecule has 10 nitrogen and oxygen atoms in total. The van der Waals surface area contributed by atoms with Gasteiger partial charge in [-0.3, -0.25) is 24.0 Å². The molecule has 0 aromatic heterocycles. The third-order valence-corrected chi connectivity index (χ3v) is 9.75. The van der Waals surface area contributed by atoms with Crippen LogP contribution in [0.3, 0.4) is 0 Å². The van der Waals surface area contributed by atoms with E-state index in [1.807, 2.05) is 0 Å². The molecule has 2 heterocycles. The Morgan fingerprint density at radius 1 is 0.816 bits per heavy atom. The van der Waals surface area contributed by atoms with Crippen molar-refractivity contribution in [2.75, 3.05) is 13.2 Å². The molecule has 212 valence electrons. The van der Waals surface area contributed by atoms with Gasteiger partial charge in [0.25, 0.3) is 5.91 Å². The van der Waals surface area contributed by atoms with Gasteiger partial charge >= 0.3 is 0 Å². The Balaban J connectivity index is 1.66. The number of Topliss-reactive ketones (excluding diaryl/α,β-unsaturated/α-hetero) is 2. The van der Waals surface area contributed by atoms with E-state index in [0.29, 0.717) is 12.8 Å². The highest BCUT2D eigenvalue weighted by Crippen LogP contribution is 2.39. The Hall–Kier alpha value is -2.33. The molecule has 0 aromatic carbocycles. The van der Waals surface area contributed by atoms with Crippen LogP contribution in [0, 0.1) is 23.7 Å². The zero-order valence-corrected chi connectivity index (χ0v) is 22.9. The highest BCUT2D eigenvalue weighted by molar-refractivity contribution is 6.15. The number of nitrogens with two attached hydrogens (primary N) is 1. The van der Waals surface area contributed by atoms with E-state index < -0.39 is 52.7 Å². The summed E-state index contributed by atoms with van der Waals surface area (Å²) in [7, 11) is 0. The Bertz CT molecular complexity index is 958. The van der Waals surface area contributed by atoms with Crippen LogP contribution in [0.1, 0.15) is 85.0 Å². The van der Waals surface area contributed by atoms with E-state index in [2.05, 4.69) is 10.6 Å². The fourth-order valence-electron chi connectivity index (χ4n) is 6.91. The van der Waals surface area contributed by atoms with E-state index in [-0.39, 0.29) is 36.7 Å². The smallest absolute Gasteiger partial charge is 0.253 e. The topological polar surface area (TPSA) is 154 Å². The highest BCUT2D eigenvalue weighted by atomic mass is 16.5. The molecular weight excluding hydrogens is 490 g/mol. The van der Waals surface area contributed by atoms with Crippen LogP contribution < -0.4 is 16.4 Å². The van der Waals surface area contributed by atoms with Crippen LogP contribution >= 0.6 is 0 Å². The molecule has 4 N–H and O–H groups in total. The number of ether oxygens (including phenoxy) is 2. The van der Waals surface area contributed by atoms with Crippen molar-refractivity contribution in [3.05, 3.63) is 0 Å². The minimum atomic E-state index is -1.96. The average Bonchev–Trinajstić information content (AvgIpc) is 3.66. The molecule has 0 aromatic rings. The van der Waals surface area contributed by atoms with Gasteiger partial charge in [-0.1, -0.05) is 51.4 Å². The SMILES string of the molecule is CC1OCC(=O)C1(C)NC(=O)C(CC1CCCC1)C(CC1CCCC1)C(=O)NC1(C(N)=O)C(=O)COC1C. The van der Waals surface area contributed by atoms with E-state index in [1.165, 1.54) is 0 Å². The number of nitrogens with one attached hydrogen (secondary N) is 2. The van der Waals surface area contributed by atoms with Gasteiger partial charge in [-0.05, 0) is 45.4 Å². The van der Waals surface area contributed by atoms with Crippen LogP contribution in [-0.2, 0) is 33.4 Å². The Kier molecular flexibility index (Phi) is 8.62. The second-order valence-electron chi connectivity index (χ2n) is 12.1. The number of hydrogen-bond donors (Lipinski definition) is 3. The van der Waals surface area contributed by atoms with Gasteiger partial charge in [-0.2, -0.15) is 0 Å². The van der Waals surface area contributed by atoms with Crippen LogP contribution in [0.2, 0.25) is 0 Å². The molecule has 4 rings (SSSR count). The van der Waals surface area contributed by atoms with Gasteiger partial charge in [0.1, 0.15) is 18.8 Å². The molecule has 6 atom stereocenters. The minimum Gasteiger partial charge on any atom is -0.368 e. The summed E-state index contributed by atoms with van der Waals surface area (Å²) in [5.74, 6) is -3.63. The standard InChI is InChI=1S/C28H43N3O7/c1-16-27(3,22(32)14-37-16)30-24(34)20(12-18-8-4-5-9-18)21(13-19-10-6-7-11-19)25(35)31-28(26(29)36)17(2)38-15-23(28)33/h16-21H,4-15H2,1-3H3,(H2,29,36)(H,30,34)(H,31,35). The summed E-state index contributed by atoms with van der Waals surface area (Å²) in [4.78, 5) is 66.1. The average molecular weight is 534 g/mol. The second-order valence-corrected chi connectivity index (χ2v) is 12.1. The van der Waals surface area contributed by atoms with Gasteiger partial charge in [-0.15, -0.1) is 0 Å². The first kappa shape index (κ1) is 28.7. The maximum absolute atomic E-state index is 14.1. The maximum Gasteiger partial charge on any atom is 0.253 e. The molecule has 38 heavy (non-hydrogen) atoms. The van der Waals surface area contributed by atoms with Crippen molar-refractivity contribution >= 4 is 29.3 Å². The normalized spacial score (nSPS) is 34.0. The van der Waals surface area contributed by atoms with Crippen molar-refractivity contribution in [2.24, 2.45) is 29.4 Å². The molecule has 2 saturated heterocycles. The molecule has 4 aliphatic rings. The zero-order chi connectivity index (χ0) is 27.7. The number of hydrogen-bond acceptors (Lipinski definition) is 7. The van der Waals surface area contributed by atoms with Crippen LogP contribution in [0.5, 0.6) is 0 Å². The predicted molar refractivity (Wildman–Crippen MR) is 138 cm³/mol. The summed E-state index contributed by atoms with van der Waals surface area (Å²) in [6.07, 6.45) is 7.71. The van der Waals surface area contributed by atoms with Gasteiger partial charge in [0, 0.05) is 11.8 Å². The van der Waals surface area contributed by atoms with Gasteiger partial charge in [-0.25, -0.2) is 0 Å². The maximum atomic E-state index is 14.1. The van der Waals surface area contributed by atoms with E-state index in [9.17, 15) is 24.0 Å². The van der Waals surface area contributed by atoms with E-state index in [4.69, 9.17) is 15.2 Å². The number of carbonyl (C=O) groups excluding carboxylic acids is 5. The zero-order valence-electron chi connectivity index (χ0n) is 22.9. The Morgan fingerprint density at radius 3 is 1.66 bits per heavy atom. The minimum absolute atomic E-state index is 0.0711. The van der Waals surface area contributed by atoms with Gasteiger partial charge in [0.05, 0.1) is 12.2 Å². The van der Waals surface area contributed by atoms with Crippen molar-refractivity contribution in [1.29, 1.82) is 0 Å².